The van der Waals surface area contributed by atoms with Gasteiger partial charge in [-0.05, 0) is 30.3 Å². The van der Waals surface area contributed by atoms with E-state index in [1.165, 1.54) is 12.4 Å². The van der Waals surface area contributed by atoms with E-state index < -0.39 is 35.2 Å². The van der Waals surface area contributed by atoms with Crippen LogP contribution in [0.5, 0.6) is 0 Å². The molecule has 2 heterocycles. The van der Waals surface area contributed by atoms with Crippen LogP contribution in [0.15, 0.2) is 60.9 Å². The van der Waals surface area contributed by atoms with Crippen LogP contribution >= 0.6 is 0 Å². The van der Waals surface area contributed by atoms with Gasteiger partial charge in [-0.15, -0.1) is 0 Å². The Labute approximate surface area is 201 Å². The number of halogens is 6. The molecule has 190 valence electrons. The van der Waals surface area contributed by atoms with Gasteiger partial charge in [0.15, 0.2) is 0 Å². The smallest absolute Gasteiger partial charge is 0.368 e. The van der Waals surface area contributed by atoms with Crippen molar-refractivity contribution in [2.45, 2.75) is 12.4 Å². The molecule has 1 saturated heterocycles. The van der Waals surface area contributed by atoms with Crippen LogP contribution in [-0.4, -0.2) is 42.2 Å². The number of hydrogen-bond donors (Lipinski definition) is 2. The van der Waals surface area contributed by atoms with Crippen LogP contribution in [0, 0.1) is 0 Å². The lowest BCUT2D eigenvalue weighted by Crippen LogP contribution is -2.47. The molecular weight excluding hydrogens is 490 g/mol. The third-order valence-electron chi connectivity index (χ3n) is 5.43. The molecule has 36 heavy (non-hydrogen) atoms. The van der Waals surface area contributed by atoms with Crippen molar-refractivity contribution in [3.63, 3.8) is 0 Å². The number of para-hydroxylation sites is 1. The maximum Gasteiger partial charge on any atom is 0.416 e. The van der Waals surface area contributed by atoms with Gasteiger partial charge >= 0.3 is 18.4 Å². The van der Waals surface area contributed by atoms with Crippen LogP contribution in [0.2, 0.25) is 0 Å². The number of hydrogen-bond acceptors (Lipinski definition) is 5. The molecule has 0 radical (unpaired) electrons. The van der Waals surface area contributed by atoms with Gasteiger partial charge in [0.05, 0.1) is 29.2 Å². The van der Waals surface area contributed by atoms with Crippen molar-refractivity contribution in [1.29, 1.82) is 0 Å². The molecule has 0 spiro atoms. The topological polar surface area (TPSA) is 73.4 Å². The highest BCUT2D eigenvalue weighted by Crippen LogP contribution is 2.37. The summed E-state index contributed by atoms with van der Waals surface area (Å²) in [7, 11) is 0. The second kappa shape index (κ2) is 9.91. The molecule has 13 heteroatoms. The number of aromatic nitrogens is 2. The minimum atomic E-state index is -5.02. The van der Waals surface area contributed by atoms with Gasteiger partial charge in [-0.2, -0.15) is 26.3 Å². The fourth-order valence-electron chi connectivity index (χ4n) is 3.67. The van der Waals surface area contributed by atoms with Crippen molar-refractivity contribution in [3.8, 4) is 0 Å². The van der Waals surface area contributed by atoms with E-state index >= 15 is 0 Å². The number of urea groups is 1. The molecule has 1 fully saturated rings. The van der Waals surface area contributed by atoms with E-state index in [9.17, 15) is 31.1 Å². The first-order valence-corrected chi connectivity index (χ1v) is 10.7. The van der Waals surface area contributed by atoms with E-state index in [2.05, 4.69) is 20.2 Å². The zero-order valence-electron chi connectivity index (χ0n) is 18.6. The normalized spacial score (nSPS) is 14.5. The molecule has 2 amide bonds. The fraction of sp³-hybridized carbons (Fsp3) is 0.261. The standard InChI is InChI=1S/C23H20F6N6O/c24-22(25,26)15-10-16(23(27,28)29)12-17(11-15)32-21(36)33-18-13-30-20(31-14-18)35-8-6-34(7-9-35)19-4-2-1-3-5-19/h1-5,10-14H,6-9H2,(H2,32,33,36). The number of nitrogens with one attached hydrogen (secondary N) is 2. The number of rotatable bonds is 4. The Morgan fingerprint density at radius 2 is 1.22 bits per heavy atom. The first-order chi connectivity index (χ1) is 17.0. The summed E-state index contributed by atoms with van der Waals surface area (Å²) < 4.78 is 78.0. The van der Waals surface area contributed by atoms with Crippen LogP contribution in [0.1, 0.15) is 11.1 Å². The number of alkyl halides is 6. The van der Waals surface area contributed by atoms with Crippen LogP contribution in [-0.2, 0) is 12.4 Å². The third-order valence-corrected chi connectivity index (χ3v) is 5.43. The van der Waals surface area contributed by atoms with Crippen molar-refractivity contribution in [3.05, 3.63) is 72.1 Å². The Kier molecular flexibility index (Phi) is 6.91. The number of amides is 2. The van der Waals surface area contributed by atoms with Crippen LogP contribution < -0.4 is 20.4 Å². The summed E-state index contributed by atoms with van der Waals surface area (Å²) in [6, 6.07) is 9.71. The summed E-state index contributed by atoms with van der Waals surface area (Å²) in [5, 5.41) is 4.29. The van der Waals surface area contributed by atoms with Gasteiger partial charge in [0, 0.05) is 37.6 Å². The highest BCUT2D eigenvalue weighted by atomic mass is 19.4. The number of carbonyl (C=O) groups excluding carboxylic acids is 1. The number of nitrogens with zero attached hydrogens (tertiary/aromatic N) is 4. The maximum absolute atomic E-state index is 13.0. The van der Waals surface area contributed by atoms with Crippen molar-refractivity contribution < 1.29 is 31.1 Å². The molecule has 4 rings (SSSR count). The molecule has 0 atom stereocenters. The lowest BCUT2D eigenvalue weighted by atomic mass is 10.1. The molecule has 7 nitrogen and oxygen atoms in total. The average Bonchev–Trinajstić information content (AvgIpc) is 2.84. The van der Waals surface area contributed by atoms with E-state index in [-0.39, 0.29) is 11.8 Å². The average molecular weight is 510 g/mol. The van der Waals surface area contributed by atoms with E-state index in [1.54, 1.807) is 0 Å². The van der Waals surface area contributed by atoms with Gasteiger partial charge in [-0.1, -0.05) is 18.2 Å². The Hall–Kier alpha value is -4.03. The van der Waals surface area contributed by atoms with Crippen LogP contribution in [0.25, 0.3) is 0 Å². The minimum absolute atomic E-state index is 0.0185. The number of carbonyl (C=O) groups is 1. The van der Waals surface area contributed by atoms with Gasteiger partial charge in [-0.3, -0.25) is 0 Å². The fourth-order valence-corrected chi connectivity index (χ4v) is 3.67. The monoisotopic (exact) mass is 510 g/mol. The zero-order chi connectivity index (χ0) is 25.9. The molecule has 1 aliphatic heterocycles. The van der Waals surface area contributed by atoms with Gasteiger partial charge in [0.25, 0.3) is 0 Å². The Balaban J connectivity index is 1.37. The Morgan fingerprint density at radius 3 is 1.75 bits per heavy atom. The van der Waals surface area contributed by atoms with Crippen LogP contribution in [0.3, 0.4) is 0 Å². The highest BCUT2D eigenvalue weighted by molar-refractivity contribution is 5.99. The van der Waals surface area contributed by atoms with E-state index in [1.807, 2.05) is 40.5 Å². The van der Waals surface area contributed by atoms with Gasteiger partial charge in [-0.25, -0.2) is 14.8 Å². The molecule has 3 aromatic rings. The molecule has 0 saturated carbocycles. The second-order valence-electron chi connectivity index (χ2n) is 7.96. The van der Waals surface area contributed by atoms with E-state index in [4.69, 9.17) is 0 Å². The summed E-state index contributed by atoms with van der Waals surface area (Å²) in [4.78, 5) is 24.8. The Morgan fingerprint density at radius 1 is 0.722 bits per heavy atom. The Bertz CT molecular complexity index is 1160. The summed E-state index contributed by atoms with van der Waals surface area (Å²) >= 11 is 0. The van der Waals surface area contributed by atoms with Crippen molar-refractivity contribution in [1.82, 2.24) is 9.97 Å². The van der Waals surface area contributed by atoms with E-state index in [0.29, 0.717) is 31.2 Å². The van der Waals surface area contributed by atoms with Crippen molar-refractivity contribution in [2.75, 3.05) is 46.6 Å². The molecular formula is C23H20F6N6O. The number of piperazine rings is 1. The summed E-state index contributed by atoms with van der Waals surface area (Å²) in [6.45, 7) is 2.85. The van der Waals surface area contributed by atoms with Crippen LogP contribution in [0.4, 0.5) is 54.1 Å². The lowest BCUT2D eigenvalue weighted by Gasteiger charge is -2.36. The predicted octanol–water partition coefficient (Wildman–Crippen LogP) is 5.48. The van der Waals surface area contributed by atoms with Crippen molar-refractivity contribution in [2.24, 2.45) is 0 Å². The molecule has 2 aromatic carbocycles. The minimum Gasteiger partial charge on any atom is -0.368 e. The van der Waals surface area contributed by atoms with Gasteiger partial charge in [0.2, 0.25) is 5.95 Å². The molecule has 0 bridgehead atoms. The first kappa shape index (κ1) is 25.1. The molecule has 1 aliphatic rings. The quantitative estimate of drug-likeness (QED) is 0.455. The molecule has 2 N–H and O–H groups in total. The maximum atomic E-state index is 13.0. The van der Waals surface area contributed by atoms with Crippen molar-refractivity contribution >= 4 is 29.0 Å². The molecule has 0 aliphatic carbocycles. The first-order valence-electron chi connectivity index (χ1n) is 10.7. The summed E-state index contributed by atoms with van der Waals surface area (Å²) in [6.07, 6.45) is -7.44. The van der Waals surface area contributed by atoms with Gasteiger partial charge in [0.1, 0.15) is 0 Å². The number of anilines is 4. The third kappa shape index (κ3) is 6.15. The molecule has 1 aromatic heterocycles. The largest absolute Gasteiger partial charge is 0.416 e. The van der Waals surface area contributed by atoms with Gasteiger partial charge < -0.3 is 20.4 Å². The highest BCUT2D eigenvalue weighted by Gasteiger charge is 2.37. The van der Waals surface area contributed by atoms with E-state index in [0.717, 1.165) is 18.8 Å². The second-order valence-corrected chi connectivity index (χ2v) is 7.96. The summed E-state index contributed by atoms with van der Waals surface area (Å²) in [5.74, 6) is 0.432. The lowest BCUT2D eigenvalue weighted by molar-refractivity contribution is -0.143. The molecule has 0 unspecified atom stereocenters. The predicted molar refractivity (Wildman–Crippen MR) is 122 cm³/mol. The number of benzene rings is 2. The summed E-state index contributed by atoms with van der Waals surface area (Å²) in [5.41, 5.74) is -2.50. The SMILES string of the molecule is O=C(Nc1cnc(N2CCN(c3ccccc3)CC2)nc1)Nc1cc(C(F)(F)F)cc(C(F)(F)F)c1. The zero-order valence-corrected chi connectivity index (χ0v) is 18.6.